The zero-order chi connectivity index (χ0) is 21.4. The minimum Gasteiger partial charge on any atom is -0.507 e. The van der Waals surface area contributed by atoms with Gasteiger partial charge in [-0.2, -0.15) is 0 Å². The highest BCUT2D eigenvalue weighted by atomic mass is 19.1. The molecule has 0 saturated carbocycles. The molecule has 5 heteroatoms. The Balaban J connectivity index is 1.98. The van der Waals surface area contributed by atoms with Gasteiger partial charge in [-0.25, -0.2) is 19.3 Å². The van der Waals surface area contributed by atoms with Crippen molar-refractivity contribution < 1.29 is 9.50 Å². The normalized spacial score (nSPS) is 11.0. The second-order valence-electron chi connectivity index (χ2n) is 7.60. The number of aryl methyl sites for hydroxylation is 4. The van der Waals surface area contributed by atoms with E-state index in [1.807, 2.05) is 52.0 Å². The number of phenols is 1. The van der Waals surface area contributed by atoms with Crippen LogP contribution in [0.3, 0.4) is 0 Å². The summed E-state index contributed by atoms with van der Waals surface area (Å²) < 4.78 is 13.5. The van der Waals surface area contributed by atoms with Gasteiger partial charge in [0.25, 0.3) is 0 Å². The van der Waals surface area contributed by atoms with Gasteiger partial charge in [0.1, 0.15) is 11.6 Å². The van der Waals surface area contributed by atoms with E-state index in [0.717, 1.165) is 39.4 Å². The van der Waals surface area contributed by atoms with Crippen LogP contribution in [0.4, 0.5) is 4.39 Å². The van der Waals surface area contributed by atoms with Crippen LogP contribution in [0.15, 0.2) is 54.6 Å². The summed E-state index contributed by atoms with van der Waals surface area (Å²) in [5.41, 5.74) is 6.52. The lowest BCUT2D eigenvalue weighted by Crippen LogP contribution is -2.02. The highest BCUT2D eigenvalue weighted by molar-refractivity contribution is 5.71. The van der Waals surface area contributed by atoms with E-state index in [4.69, 9.17) is 4.98 Å². The van der Waals surface area contributed by atoms with E-state index in [2.05, 4.69) is 22.1 Å². The topological polar surface area (TPSA) is 58.9 Å². The van der Waals surface area contributed by atoms with Gasteiger partial charge in [0.2, 0.25) is 0 Å². The largest absolute Gasteiger partial charge is 0.507 e. The van der Waals surface area contributed by atoms with Crippen molar-refractivity contribution in [2.24, 2.45) is 0 Å². The molecule has 4 aromatic rings. The lowest BCUT2D eigenvalue weighted by molar-refractivity contribution is 0.470. The number of rotatable bonds is 3. The summed E-state index contributed by atoms with van der Waals surface area (Å²) in [5, 5.41) is 10.3. The van der Waals surface area contributed by atoms with E-state index in [-0.39, 0.29) is 5.75 Å². The molecule has 0 fully saturated rings. The van der Waals surface area contributed by atoms with Crippen molar-refractivity contribution in [1.29, 1.82) is 0 Å². The van der Waals surface area contributed by atoms with Crippen LogP contribution in [0.1, 0.15) is 22.3 Å². The van der Waals surface area contributed by atoms with E-state index in [1.165, 1.54) is 12.1 Å². The van der Waals surface area contributed by atoms with E-state index >= 15 is 0 Å². The fourth-order valence-corrected chi connectivity index (χ4v) is 3.56. The van der Waals surface area contributed by atoms with Gasteiger partial charge in [-0.05, 0) is 51.0 Å². The first-order chi connectivity index (χ1) is 14.3. The molecule has 1 heterocycles. The molecule has 3 aromatic carbocycles. The van der Waals surface area contributed by atoms with Crippen molar-refractivity contribution in [2.75, 3.05) is 0 Å². The minimum absolute atomic E-state index is 0.209. The SMILES string of the molecule is Cc1ccc(-c2nc(-c3ccc(C)cc3C)nc(-c3ccc(F)cc3O)n2)c(C)c1. The molecule has 0 aliphatic carbocycles. The number of aromatic nitrogens is 3. The van der Waals surface area contributed by atoms with E-state index in [0.29, 0.717) is 23.0 Å². The van der Waals surface area contributed by atoms with Crippen LogP contribution >= 0.6 is 0 Å². The van der Waals surface area contributed by atoms with Crippen molar-refractivity contribution in [3.8, 4) is 39.9 Å². The van der Waals surface area contributed by atoms with Gasteiger partial charge >= 0.3 is 0 Å². The number of nitrogens with zero attached hydrogens (tertiary/aromatic N) is 3. The number of phenolic OH excluding ortho intramolecular Hbond substituents is 1. The maximum atomic E-state index is 13.5. The fourth-order valence-electron chi connectivity index (χ4n) is 3.56. The zero-order valence-electron chi connectivity index (χ0n) is 17.4. The van der Waals surface area contributed by atoms with Gasteiger partial charge in [-0.3, -0.25) is 0 Å². The van der Waals surface area contributed by atoms with Gasteiger partial charge in [0, 0.05) is 17.2 Å². The molecule has 0 atom stereocenters. The van der Waals surface area contributed by atoms with Gasteiger partial charge in [0.05, 0.1) is 5.56 Å². The van der Waals surface area contributed by atoms with Gasteiger partial charge in [-0.15, -0.1) is 0 Å². The third kappa shape index (κ3) is 3.79. The molecular formula is C25H22FN3O. The number of halogens is 1. The quantitative estimate of drug-likeness (QED) is 0.462. The molecule has 0 aliphatic heterocycles. The third-order valence-corrected chi connectivity index (χ3v) is 5.08. The molecule has 0 radical (unpaired) electrons. The Morgan fingerprint density at radius 3 is 1.47 bits per heavy atom. The summed E-state index contributed by atoms with van der Waals surface area (Å²) in [6, 6.07) is 16.0. The zero-order valence-corrected chi connectivity index (χ0v) is 17.4. The second-order valence-corrected chi connectivity index (χ2v) is 7.60. The molecule has 0 spiro atoms. The average Bonchev–Trinajstić information content (AvgIpc) is 2.67. The molecule has 0 bridgehead atoms. The van der Waals surface area contributed by atoms with Crippen molar-refractivity contribution in [3.05, 3.63) is 82.7 Å². The van der Waals surface area contributed by atoms with Gasteiger partial charge < -0.3 is 5.11 Å². The Labute approximate surface area is 175 Å². The molecule has 4 nitrogen and oxygen atoms in total. The van der Waals surface area contributed by atoms with Crippen LogP contribution in [0.2, 0.25) is 0 Å². The smallest absolute Gasteiger partial charge is 0.167 e. The monoisotopic (exact) mass is 399 g/mol. The van der Waals surface area contributed by atoms with Crippen LogP contribution in [0, 0.1) is 33.5 Å². The van der Waals surface area contributed by atoms with Crippen LogP contribution in [0.5, 0.6) is 5.75 Å². The van der Waals surface area contributed by atoms with E-state index < -0.39 is 5.82 Å². The van der Waals surface area contributed by atoms with Crippen molar-refractivity contribution in [3.63, 3.8) is 0 Å². The minimum atomic E-state index is -0.519. The molecule has 0 unspecified atom stereocenters. The molecule has 1 aromatic heterocycles. The summed E-state index contributed by atoms with van der Waals surface area (Å²) >= 11 is 0. The molecule has 0 saturated heterocycles. The number of aromatic hydroxyl groups is 1. The first-order valence-corrected chi connectivity index (χ1v) is 9.72. The van der Waals surface area contributed by atoms with E-state index in [1.54, 1.807) is 0 Å². The maximum absolute atomic E-state index is 13.5. The summed E-state index contributed by atoms with van der Waals surface area (Å²) in [5.74, 6) is 0.591. The summed E-state index contributed by atoms with van der Waals surface area (Å²) in [6.45, 7) is 8.09. The number of benzene rings is 3. The van der Waals surface area contributed by atoms with Crippen molar-refractivity contribution >= 4 is 0 Å². The summed E-state index contributed by atoms with van der Waals surface area (Å²) in [7, 11) is 0. The highest BCUT2D eigenvalue weighted by Crippen LogP contribution is 2.32. The number of hydrogen-bond donors (Lipinski definition) is 1. The average molecular weight is 399 g/mol. The molecule has 0 aliphatic rings. The molecule has 1 N–H and O–H groups in total. The van der Waals surface area contributed by atoms with Crippen LogP contribution in [-0.2, 0) is 0 Å². The summed E-state index contributed by atoms with van der Waals surface area (Å²) in [6.07, 6.45) is 0. The Bertz CT molecular complexity index is 1100. The van der Waals surface area contributed by atoms with Crippen molar-refractivity contribution in [2.45, 2.75) is 27.7 Å². The fraction of sp³-hybridized carbons (Fsp3) is 0.160. The molecule has 4 rings (SSSR count). The van der Waals surface area contributed by atoms with Crippen molar-refractivity contribution in [1.82, 2.24) is 15.0 Å². The lowest BCUT2D eigenvalue weighted by Gasteiger charge is -2.12. The maximum Gasteiger partial charge on any atom is 0.167 e. The molecule has 0 amide bonds. The predicted molar refractivity (Wildman–Crippen MR) is 117 cm³/mol. The van der Waals surface area contributed by atoms with Gasteiger partial charge in [-0.1, -0.05) is 47.5 Å². The van der Waals surface area contributed by atoms with Crippen LogP contribution < -0.4 is 0 Å². The first kappa shape index (κ1) is 19.7. The Morgan fingerprint density at radius 1 is 0.600 bits per heavy atom. The molecule has 150 valence electrons. The Hall–Kier alpha value is -3.60. The Morgan fingerprint density at radius 2 is 1.03 bits per heavy atom. The predicted octanol–water partition coefficient (Wildman–Crippen LogP) is 5.95. The highest BCUT2D eigenvalue weighted by Gasteiger charge is 2.17. The van der Waals surface area contributed by atoms with Crippen LogP contribution in [0.25, 0.3) is 34.2 Å². The van der Waals surface area contributed by atoms with E-state index in [9.17, 15) is 9.50 Å². The lowest BCUT2D eigenvalue weighted by atomic mass is 10.0. The number of hydrogen-bond acceptors (Lipinski definition) is 4. The third-order valence-electron chi connectivity index (χ3n) is 5.08. The Kier molecular flexibility index (Phi) is 5.04. The van der Waals surface area contributed by atoms with Crippen LogP contribution in [-0.4, -0.2) is 20.1 Å². The summed E-state index contributed by atoms with van der Waals surface area (Å²) in [4.78, 5) is 14.0. The molecular weight excluding hydrogens is 377 g/mol. The standard InChI is InChI=1S/C25H22FN3O/c1-14-5-8-19(16(3)11-14)23-27-24(20-9-6-15(2)12-17(20)4)29-25(28-23)21-10-7-18(26)13-22(21)30/h5-13,30H,1-4H3. The second kappa shape index (κ2) is 7.67. The first-order valence-electron chi connectivity index (χ1n) is 9.72. The molecule has 30 heavy (non-hydrogen) atoms. The van der Waals surface area contributed by atoms with Gasteiger partial charge in [0.15, 0.2) is 17.5 Å².